The van der Waals surface area contributed by atoms with Crippen LogP contribution in [0, 0.1) is 0 Å². The van der Waals surface area contributed by atoms with Gasteiger partial charge < -0.3 is 19.5 Å². The van der Waals surface area contributed by atoms with Crippen molar-refractivity contribution in [2.75, 3.05) is 13.1 Å². The van der Waals surface area contributed by atoms with Gasteiger partial charge in [0.05, 0.1) is 13.2 Å². The molecule has 0 aromatic heterocycles. The SMILES string of the molecule is O=C(C1=C[C@@H](c2ccc3c(c2)Cc2ccccc2-3)C[C@@H](OCc2ccc(CO)cc2)O1)N1CCCCC1. The van der Waals surface area contributed by atoms with Crippen molar-refractivity contribution in [3.63, 3.8) is 0 Å². The summed E-state index contributed by atoms with van der Waals surface area (Å²) in [5.41, 5.74) is 8.40. The van der Waals surface area contributed by atoms with Crippen LogP contribution in [0.25, 0.3) is 11.1 Å². The lowest BCUT2D eigenvalue weighted by atomic mass is 9.90. The Bertz CT molecular complexity index is 1310. The van der Waals surface area contributed by atoms with E-state index in [2.05, 4.69) is 42.5 Å². The van der Waals surface area contributed by atoms with Crippen LogP contribution < -0.4 is 0 Å². The molecule has 1 saturated heterocycles. The zero-order chi connectivity index (χ0) is 25.2. The molecule has 5 nitrogen and oxygen atoms in total. The number of nitrogens with zero attached hydrogens (tertiary/aromatic N) is 1. The highest BCUT2D eigenvalue weighted by molar-refractivity contribution is 5.92. The van der Waals surface area contributed by atoms with Gasteiger partial charge in [0.2, 0.25) is 6.29 Å². The molecular formula is C32H33NO4. The van der Waals surface area contributed by atoms with Gasteiger partial charge in [-0.05, 0) is 70.7 Å². The van der Waals surface area contributed by atoms with Crippen molar-refractivity contribution < 1.29 is 19.4 Å². The molecule has 1 N–H and O–H groups in total. The number of allylic oxidation sites excluding steroid dienone is 1. The molecule has 3 aliphatic rings. The van der Waals surface area contributed by atoms with Crippen LogP contribution in [0.4, 0.5) is 0 Å². The molecule has 1 amide bonds. The highest BCUT2D eigenvalue weighted by atomic mass is 16.7. The largest absolute Gasteiger partial charge is 0.459 e. The molecule has 0 bridgehead atoms. The van der Waals surface area contributed by atoms with Gasteiger partial charge in [-0.25, -0.2) is 0 Å². The first-order valence-electron chi connectivity index (χ1n) is 13.4. The molecule has 1 aliphatic carbocycles. The third-order valence-corrected chi connectivity index (χ3v) is 7.80. The first-order valence-corrected chi connectivity index (χ1v) is 13.4. The minimum Gasteiger partial charge on any atom is -0.459 e. The van der Waals surface area contributed by atoms with Gasteiger partial charge in [0, 0.05) is 25.4 Å². The van der Waals surface area contributed by atoms with Gasteiger partial charge in [-0.2, -0.15) is 0 Å². The van der Waals surface area contributed by atoms with Gasteiger partial charge in [0.15, 0.2) is 5.76 Å². The number of aliphatic hydroxyl groups is 1. The number of amides is 1. The second kappa shape index (κ2) is 10.5. The molecule has 2 aliphatic heterocycles. The van der Waals surface area contributed by atoms with Gasteiger partial charge in [0.25, 0.3) is 5.91 Å². The Balaban J connectivity index is 1.24. The Labute approximate surface area is 218 Å². The van der Waals surface area contributed by atoms with E-state index in [-0.39, 0.29) is 18.4 Å². The molecule has 0 unspecified atom stereocenters. The lowest BCUT2D eigenvalue weighted by molar-refractivity contribution is -0.156. The van der Waals surface area contributed by atoms with Crippen LogP contribution in [-0.2, 0) is 33.9 Å². The lowest BCUT2D eigenvalue weighted by Gasteiger charge is -2.33. The van der Waals surface area contributed by atoms with E-state index in [1.54, 1.807) is 0 Å². The fraction of sp³-hybridized carbons (Fsp3) is 0.344. The fourth-order valence-corrected chi connectivity index (χ4v) is 5.72. The van der Waals surface area contributed by atoms with E-state index in [0.29, 0.717) is 18.8 Å². The van der Waals surface area contributed by atoms with Crippen molar-refractivity contribution in [1.82, 2.24) is 4.90 Å². The summed E-state index contributed by atoms with van der Waals surface area (Å²) in [5.74, 6) is 0.412. The third-order valence-electron chi connectivity index (χ3n) is 7.80. The summed E-state index contributed by atoms with van der Waals surface area (Å²) in [6.45, 7) is 1.97. The van der Waals surface area contributed by atoms with Crippen LogP contribution in [0.2, 0.25) is 0 Å². The monoisotopic (exact) mass is 495 g/mol. The first-order chi connectivity index (χ1) is 18.2. The second-order valence-corrected chi connectivity index (χ2v) is 10.3. The van der Waals surface area contributed by atoms with Crippen molar-refractivity contribution in [1.29, 1.82) is 0 Å². The van der Waals surface area contributed by atoms with Gasteiger partial charge in [-0.15, -0.1) is 0 Å². The van der Waals surface area contributed by atoms with Gasteiger partial charge in [-0.1, -0.05) is 66.7 Å². The summed E-state index contributed by atoms with van der Waals surface area (Å²) in [6.07, 6.45) is 6.34. The van der Waals surface area contributed by atoms with Crippen LogP contribution in [0.15, 0.2) is 78.6 Å². The van der Waals surface area contributed by atoms with E-state index >= 15 is 0 Å². The van der Waals surface area contributed by atoms with E-state index in [9.17, 15) is 9.90 Å². The Morgan fingerprint density at radius 2 is 1.68 bits per heavy atom. The number of hydrogen-bond acceptors (Lipinski definition) is 4. The van der Waals surface area contributed by atoms with Crippen molar-refractivity contribution >= 4 is 5.91 Å². The lowest BCUT2D eigenvalue weighted by Crippen LogP contribution is -2.39. The maximum atomic E-state index is 13.4. The summed E-state index contributed by atoms with van der Waals surface area (Å²) in [7, 11) is 0. The summed E-state index contributed by atoms with van der Waals surface area (Å²) in [5, 5.41) is 9.30. The van der Waals surface area contributed by atoms with Crippen LogP contribution >= 0.6 is 0 Å². The van der Waals surface area contributed by atoms with Crippen molar-refractivity contribution in [2.45, 2.75) is 57.5 Å². The predicted octanol–water partition coefficient (Wildman–Crippen LogP) is 5.69. The molecule has 37 heavy (non-hydrogen) atoms. The van der Waals surface area contributed by atoms with E-state index in [0.717, 1.165) is 43.5 Å². The normalized spacial score (nSPS) is 20.6. The number of aliphatic hydroxyl groups excluding tert-OH is 1. The molecule has 0 saturated carbocycles. The van der Waals surface area contributed by atoms with Crippen molar-refractivity contribution in [2.24, 2.45) is 0 Å². The fourth-order valence-electron chi connectivity index (χ4n) is 5.72. The Morgan fingerprint density at radius 1 is 0.919 bits per heavy atom. The Morgan fingerprint density at radius 3 is 2.49 bits per heavy atom. The molecule has 2 heterocycles. The van der Waals surface area contributed by atoms with E-state index in [4.69, 9.17) is 9.47 Å². The van der Waals surface area contributed by atoms with Crippen LogP contribution in [-0.4, -0.2) is 35.3 Å². The smallest absolute Gasteiger partial charge is 0.288 e. The average Bonchev–Trinajstić information content (AvgIpc) is 3.34. The average molecular weight is 496 g/mol. The van der Waals surface area contributed by atoms with Gasteiger partial charge in [-0.3, -0.25) is 4.79 Å². The molecule has 3 aromatic carbocycles. The zero-order valence-electron chi connectivity index (χ0n) is 21.1. The molecule has 6 rings (SSSR count). The van der Waals surface area contributed by atoms with Crippen LogP contribution in [0.3, 0.4) is 0 Å². The second-order valence-electron chi connectivity index (χ2n) is 10.3. The quantitative estimate of drug-likeness (QED) is 0.373. The standard InChI is InChI=1S/C32H33NO4/c34-20-22-8-10-23(11-9-22)21-36-31-19-26(18-30(37-31)32(35)33-14-4-1-5-15-33)24-12-13-29-27(16-24)17-25-6-2-3-7-28(25)29/h2-3,6-13,16,18,26,31,34H,1,4-5,14-15,17,19-21H2/t26-,31+/m1/s1. The van der Waals surface area contributed by atoms with Crippen LogP contribution in [0.5, 0.6) is 0 Å². The number of benzene rings is 3. The van der Waals surface area contributed by atoms with E-state index < -0.39 is 6.29 Å². The highest BCUT2D eigenvalue weighted by Crippen LogP contribution is 2.40. The van der Waals surface area contributed by atoms with Gasteiger partial charge >= 0.3 is 0 Å². The number of rotatable bonds is 6. The highest BCUT2D eigenvalue weighted by Gasteiger charge is 2.32. The van der Waals surface area contributed by atoms with Crippen molar-refractivity contribution in [3.05, 3.63) is 106 Å². The molecule has 0 spiro atoms. The Kier molecular flexibility index (Phi) is 6.81. The predicted molar refractivity (Wildman–Crippen MR) is 143 cm³/mol. The minimum atomic E-state index is -0.512. The first kappa shape index (κ1) is 24.0. The molecule has 2 atom stereocenters. The molecule has 0 radical (unpaired) electrons. The molecule has 5 heteroatoms. The zero-order valence-corrected chi connectivity index (χ0v) is 21.1. The number of carbonyl (C=O) groups excluding carboxylic acids is 1. The van der Waals surface area contributed by atoms with Crippen LogP contribution in [0.1, 0.15) is 59.4 Å². The topological polar surface area (TPSA) is 59.0 Å². The van der Waals surface area contributed by atoms with Gasteiger partial charge in [0.1, 0.15) is 0 Å². The Hall–Kier alpha value is -3.41. The van der Waals surface area contributed by atoms with E-state index in [1.165, 1.54) is 34.2 Å². The van der Waals surface area contributed by atoms with Crippen molar-refractivity contribution in [3.8, 4) is 11.1 Å². The summed E-state index contributed by atoms with van der Waals surface area (Å²) < 4.78 is 12.4. The maximum Gasteiger partial charge on any atom is 0.288 e. The number of fused-ring (bicyclic) bond motifs is 3. The number of hydrogen-bond donors (Lipinski definition) is 1. The molecular weight excluding hydrogens is 462 g/mol. The number of piperidine rings is 1. The molecule has 3 aromatic rings. The summed E-state index contributed by atoms with van der Waals surface area (Å²) in [4.78, 5) is 15.3. The number of carbonyl (C=O) groups is 1. The molecule has 190 valence electrons. The third kappa shape index (κ3) is 5.07. The van der Waals surface area contributed by atoms with E-state index in [1.807, 2.05) is 35.2 Å². The summed E-state index contributed by atoms with van der Waals surface area (Å²) in [6, 6.07) is 23.0. The maximum absolute atomic E-state index is 13.4. The minimum absolute atomic E-state index is 0.0210. The number of likely N-dealkylation sites (tertiary alicyclic amines) is 1. The number of ether oxygens (including phenoxy) is 2. The summed E-state index contributed by atoms with van der Waals surface area (Å²) >= 11 is 0. The molecule has 1 fully saturated rings.